The Bertz CT molecular complexity index is 752. The molecule has 0 aliphatic carbocycles. The molecule has 9 heteroatoms. The van der Waals surface area contributed by atoms with Crippen LogP contribution in [0.3, 0.4) is 0 Å². The molecule has 0 radical (unpaired) electrons. The zero-order valence-electron chi connectivity index (χ0n) is 14.9. The quantitative estimate of drug-likeness (QED) is 0.584. The van der Waals surface area contributed by atoms with Crippen LogP contribution in [-0.4, -0.2) is 33.9 Å². The maximum Gasteiger partial charge on any atom is 0.424 e. The van der Waals surface area contributed by atoms with Gasteiger partial charge in [0.05, 0.1) is 10.0 Å². The number of aliphatic hydroxyl groups is 1. The van der Waals surface area contributed by atoms with Gasteiger partial charge >= 0.3 is 6.18 Å². The van der Waals surface area contributed by atoms with Gasteiger partial charge in [-0.05, 0) is 50.0 Å². The van der Waals surface area contributed by atoms with E-state index in [9.17, 15) is 18.3 Å². The van der Waals surface area contributed by atoms with Crippen LogP contribution in [0.15, 0.2) is 30.6 Å². The van der Waals surface area contributed by atoms with Crippen molar-refractivity contribution in [3.63, 3.8) is 0 Å². The van der Waals surface area contributed by atoms with Gasteiger partial charge in [-0.1, -0.05) is 29.3 Å². The van der Waals surface area contributed by atoms with E-state index in [2.05, 4.69) is 10.3 Å². The first-order valence-corrected chi connectivity index (χ1v) is 9.32. The molecule has 0 amide bonds. The summed E-state index contributed by atoms with van der Waals surface area (Å²) in [7, 11) is 1.43. The van der Waals surface area contributed by atoms with Crippen LogP contribution in [-0.2, 0) is 19.1 Å². The number of benzene rings is 1. The number of nitrogens with one attached hydrogen (secondary N) is 1. The highest BCUT2D eigenvalue weighted by atomic mass is 35.5. The van der Waals surface area contributed by atoms with E-state index < -0.39 is 24.0 Å². The smallest absolute Gasteiger partial charge is 0.374 e. The average molecular weight is 424 g/mol. The lowest BCUT2D eigenvalue weighted by Crippen LogP contribution is -2.46. The van der Waals surface area contributed by atoms with E-state index in [1.165, 1.54) is 24.0 Å². The first-order chi connectivity index (χ1) is 12.6. The van der Waals surface area contributed by atoms with Crippen LogP contribution in [0.2, 0.25) is 10.0 Å². The monoisotopic (exact) mass is 423 g/mol. The molecule has 0 aliphatic rings. The third-order valence-corrected chi connectivity index (χ3v) is 5.12. The van der Waals surface area contributed by atoms with E-state index in [-0.39, 0.29) is 6.54 Å². The molecule has 1 aromatic heterocycles. The van der Waals surface area contributed by atoms with Crippen LogP contribution in [0.25, 0.3) is 0 Å². The molecule has 0 aliphatic heterocycles. The minimum Gasteiger partial charge on any atom is -0.374 e. The summed E-state index contributed by atoms with van der Waals surface area (Å²) in [5.41, 5.74) is -1.91. The molecule has 27 heavy (non-hydrogen) atoms. The lowest BCUT2D eigenvalue weighted by atomic mass is 9.97. The second-order valence-corrected chi connectivity index (χ2v) is 7.24. The molecule has 2 aromatic rings. The fourth-order valence-electron chi connectivity index (χ4n) is 2.81. The van der Waals surface area contributed by atoms with Crippen molar-refractivity contribution in [1.29, 1.82) is 0 Å². The topological polar surface area (TPSA) is 50.1 Å². The molecule has 0 spiro atoms. The molecule has 4 nitrogen and oxygen atoms in total. The van der Waals surface area contributed by atoms with Crippen LogP contribution in [0.5, 0.6) is 0 Å². The largest absolute Gasteiger partial charge is 0.424 e. The highest BCUT2D eigenvalue weighted by molar-refractivity contribution is 6.42. The van der Waals surface area contributed by atoms with Gasteiger partial charge in [0.2, 0.25) is 5.60 Å². The first kappa shape index (κ1) is 22.0. The molecule has 0 unspecified atom stereocenters. The van der Waals surface area contributed by atoms with Crippen molar-refractivity contribution in [3.05, 3.63) is 52.0 Å². The van der Waals surface area contributed by atoms with Crippen LogP contribution in [0.1, 0.15) is 30.7 Å². The zero-order valence-corrected chi connectivity index (χ0v) is 16.4. The lowest BCUT2D eigenvalue weighted by molar-refractivity contribution is -0.272. The van der Waals surface area contributed by atoms with Crippen molar-refractivity contribution in [2.45, 2.75) is 37.5 Å². The summed E-state index contributed by atoms with van der Waals surface area (Å²) in [6, 6.07) is 5.46. The maximum atomic E-state index is 13.4. The van der Waals surface area contributed by atoms with Crippen LogP contribution in [0.4, 0.5) is 13.2 Å². The first-order valence-electron chi connectivity index (χ1n) is 8.56. The van der Waals surface area contributed by atoms with Crippen molar-refractivity contribution in [1.82, 2.24) is 14.9 Å². The van der Waals surface area contributed by atoms with Gasteiger partial charge in [-0.25, -0.2) is 4.98 Å². The summed E-state index contributed by atoms with van der Waals surface area (Å²) in [5, 5.41) is 14.2. The van der Waals surface area contributed by atoms with Gasteiger partial charge in [0.25, 0.3) is 0 Å². The standard InChI is InChI=1S/C18H22Cl2F3N3O/c1-26-11-10-25-16(26)17(27,18(21,22)23)7-9-24-8-3-2-4-13-5-6-14(19)15(20)12-13/h5-6,10-12,24,27H,2-4,7-9H2,1H3/t17-/m0/s1. The Balaban J connectivity index is 1.76. The Morgan fingerprint density at radius 2 is 1.89 bits per heavy atom. The second-order valence-electron chi connectivity index (χ2n) is 6.43. The summed E-state index contributed by atoms with van der Waals surface area (Å²) in [6.07, 6.45) is -0.250. The highest BCUT2D eigenvalue weighted by Crippen LogP contribution is 2.40. The Morgan fingerprint density at radius 1 is 1.15 bits per heavy atom. The number of aromatic nitrogens is 2. The highest BCUT2D eigenvalue weighted by Gasteiger charge is 2.56. The molecular weight excluding hydrogens is 402 g/mol. The van der Waals surface area contributed by atoms with Gasteiger partial charge in [0.1, 0.15) is 5.82 Å². The molecule has 0 fully saturated rings. The SMILES string of the molecule is Cn1ccnc1[C@@](O)(CCNCCCCc1ccc(Cl)c(Cl)c1)C(F)(F)F. The van der Waals surface area contributed by atoms with Crippen molar-refractivity contribution in [3.8, 4) is 0 Å². The third-order valence-electron chi connectivity index (χ3n) is 4.38. The minimum atomic E-state index is -4.80. The van der Waals surface area contributed by atoms with Crippen molar-refractivity contribution in [2.24, 2.45) is 7.05 Å². The maximum absolute atomic E-state index is 13.4. The number of nitrogens with zero attached hydrogens (tertiary/aromatic N) is 2. The summed E-state index contributed by atoms with van der Waals surface area (Å²) in [5.74, 6) is -0.406. The summed E-state index contributed by atoms with van der Waals surface area (Å²) in [4.78, 5) is 3.67. The molecule has 1 aromatic carbocycles. The number of hydrogen-bond acceptors (Lipinski definition) is 3. The molecule has 0 bridgehead atoms. The van der Waals surface area contributed by atoms with Gasteiger partial charge in [0, 0.05) is 25.9 Å². The number of aryl methyl sites for hydroxylation is 2. The number of alkyl halides is 3. The van der Waals surface area contributed by atoms with Crippen molar-refractivity contribution >= 4 is 23.2 Å². The van der Waals surface area contributed by atoms with Crippen molar-refractivity contribution in [2.75, 3.05) is 13.1 Å². The number of unbranched alkanes of at least 4 members (excludes halogenated alkanes) is 1. The van der Waals surface area contributed by atoms with Gasteiger partial charge in [-0.15, -0.1) is 0 Å². The number of halogens is 5. The summed E-state index contributed by atoms with van der Waals surface area (Å²) >= 11 is 11.8. The zero-order chi connectivity index (χ0) is 20.1. The van der Waals surface area contributed by atoms with E-state index >= 15 is 0 Å². The van der Waals surface area contributed by atoms with E-state index in [1.54, 1.807) is 6.07 Å². The Labute approximate surface area is 166 Å². The van der Waals surface area contributed by atoms with Gasteiger partial charge in [-0.3, -0.25) is 0 Å². The average Bonchev–Trinajstić information content (AvgIpc) is 3.02. The van der Waals surface area contributed by atoms with Crippen LogP contribution < -0.4 is 5.32 Å². The Morgan fingerprint density at radius 3 is 2.48 bits per heavy atom. The second kappa shape index (κ2) is 9.28. The summed E-state index contributed by atoms with van der Waals surface area (Å²) < 4.78 is 41.3. The molecular formula is C18H22Cl2F3N3O. The Kier molecular flexibility index (Phi) is 7.56. The fourth-order valence-corrected chi connectivity index (χ4v) is 3.13. The molecule has 0 saturated heterocycles. The Hall–Kier alpha value is -1.28. The van der Waals surface area contributed by atoms with E-state index in [0.717, 1.165) is 24.8 Å². The normalized spacial score (nSPS) is 14.3. The van der Waals surface area contributed by atoms with Crippen LogP contribution >= 0.6 is 23.2 Å². The number of hydrogen-bond donors (Lipinski definition) is 2. The number of rotatable bonds is 9. The fraction of sp³-hybridized carbons (Fsp3) is 0.500. The lowest BCUT2D eigenvalue weighted by Gasteiger charge is -2.30. The van der Waals surface area contributed by atoms with Gasteiger partial charge in [0.15, 0.2) is 0 Å². The molecule has 2 N–H and O–H groups in total. The molecule has 0 saturated carbocycles. The number of imidazole rings is 1. The van der Waals surface area contributed by atoms with Gasteiger partial charge in [-0.2, -0.15) is 13.2 Å². The molecule has 1 heterocycles. The van der Waals surface area contributed by atoms with E-state index in [1.807, 2.05) is 12.1 Å². The predicted octanol–water partition coefficient (Wildman–Crippen LogP) is 4.48. The van der Waals surface area contributed by atoms with Gasteiger partial charge < -0.3 is 15.0 Å². The van der Waals surface area contributed by atoms with E-state index in [0.29, 0.717) is 16.6 Å². The molecule has 150 valence electrons. The third kappa shape index (κ3) is 5.60. The van der Waals surface area contributed by atoms with Crippen molar-refractivity contribution < 1.29 is 18.3 Å². The van der Waals surface area contributed by atoms with E-state index in [4.69, 9.17) is 23.2 Å². The minimum absolute atomic E-state index is 0.0235. The molecule has 2 rings (SSSR count). The molecule has 1 atom stereocenters. The predicted molar refractivity (Wildman–Crippen MR) is 100 cm³/mol. The van der Waals surface area contributed by atoms with Crippen LogP contribution in [0, 0.1) is 0 Å². The summed E-state index contributed by atoms with van der Waals surface area (Å²) in [6.45, 7) is 0.575.